The van der Waals surface area contributed by atoms with Crippen molar-refractivity contribution in [2.24, 2.45) is 11.7 Å². The highest BCUT2D eigenvalue weighted by Crippen LogP contribution is 2.32. The van der Waals surface area contributed by atoms with Gasteiger partial charge in [-0.15, -0.1) is 0 Å². The molecule has 1 aliphatic rings. The van der Waals surface area contributed by atoms with Crippen LogP contribution in [-0.2, 0) is 4.79 Å². The number of carbonyl (C=O) groups excluding carboxylic acids is 1. The van der Waals surface area contributed by atoms with Crippen LogP contribution in [0, 0.1) is 12.8 Å². The average molecular weight is 330 g/mol. The molecule has 0 spiro atoms. The van der Waals surface area contributed by atoms with Crippen molar-refractivity contribution in [1.82, 2.24) is 4.90 Å². The van der Waals surface area contributed by atoms with Gasteiger partial charge in [-0.2, -0.15) is 0 Å². The van der Waals surface area contributed by atoms with E-state index >= 15 is 0 Å². The van der Waals surface area contributed by atoms with Gasteiger partial charge < -0.3 is 11.1 Å². The zero-order chi connectivity index (χ0) is 15.6. The summed E-state index contributed by atoms with van der Waals surface area (Å²) in [5.74, 6) is 0.360. The molecule has 1 amide bonds. The smallest absolute Gasteiger partial charge is 0.238 e. The molecule has 6 heteroatoms. The lowest BCUT2D eigenvalue weighted by Crippen LogP contribution is -2.34. The second kappa shape index (κ2) is 6.97. The summed E-state index contributed by atoms with van der Waals surface area (Å²) in [6.07, 6.45) is 1.04. The fourth-order valence-electron chi connectivity index (χ4n) is 2.59. The average Bonchev–Trinajstić information content (AvgIpc) is 2.88. The van der Waals surface area contributed by atoms with Crippen LogP contribution in [0.4, 0.5) is 5.69 Å². The van der Waals surface area contributed by atoms with Gasteiger partial charge in [0, 0.05) is 12.6 Å². The van der Waals surface area contributed by atoms with Crippen molar-refractivity contribution < 1.29 is 4.79 Å². The lowest BCUT2D eigenvalue weighted by Gasteiger charge is -2.18. The topological polar surface area (TPSA) is 58.4 Å². The highest BCUT2D eigenvalue weighted by atomic mass is 35.5. The van der Waals surface area contributed by atoms with Crippen molar-refractivity contribution in [1.29, 1.82) is 0 Å². The van der Waals surface area contributed by atoms with E-state index in [1.807, 2.05) is 19.9 Å². The van der Waals surface area contributed by atoms with Gasteiger partial charge in [-0.25, -0.2) is 0 Å². The molecule has 1 saturated heterocycles. The maximum Gasteiger partial charge on any atom is 0.238 e. The number of benzene rings is 1. The third-order valence-electron chi connectivity index (χ3n) is 3.97. The summed E-state index contributed by atoms with van der Waals surface area (Å²) >= 11 is 12.3. The van der Waals surface area contributed by atoms with Crippen LogP contribution >= 0.6 is 23.2 Å². The van der Waals surface area contributed by atoms with Crippen LogP contribution in [0.3, 0.4) is 0 Å². The van der Waals surface area contributed by atoms with Crippen molar-refractivity contribution in [3.63, 3.8) is 0 Å². The summed E-state index contributed by atoms with van der Waals surface area (Å²) in [5.41, 5.74) is 7.28. The molecule has 1 heterocycles. The lowest BCUT2D eigenvalue weighted by atomic mass is 10.0. The van der Waals surface area contributed by atoms with E-state index in [2.05, 4.69) is 10.2 Å². The Morgan fingerprint density at radius 1 is 1.52 bits per heavy atom. The number of likely N-dealkylation sites (tertiary alicyclic amines) is 1. The van der Waals surface area contributed by atoms with Crippen LogP contribution in [0.15, 0.2) is 12.1 Å². The molecule has 1 aromatic carbocycles. The van der Waals surface area contributed by atoms with Crippen LogP contribution in [-0.4, -0.2) is 36.5 Å². The second-order valence-corrected chi connectivity index (χ2v) is 6.53. The first-order chi connectivity index (χ1) is 9.88. The van der Waals surface area contributed by atoms with Gasteiger partial charge in [0.15, 0.2) is 0 Å². The predicted molar refractivity (Wildman–Crippen MR) is 88.0 cm³/mol. The Morgan fingerprint density at radius 2 is 2.24 bits per heavy atom. The van der Waals surface area contributed by atoms with Gasteiger partial charge in [-0.05, 0) is 44.4 Å². The van der Waals surface area contributed by atoms with Gasteiger partial charge in [0.1, 0.15) is 0 Å². The number of amides is 1. The summed E-state index contributed by atoms with van der Waals surface area (Å²) in [6, 6.07) is 3.73. The summed E-state index contributed by atoms with van der Waals surface area (Å²) in [7, 11) is 0. The van der Waals surface area contributed by atoms with Gasteiger partial charge in [-0.1, -0.05) is 29.3 Å². The molecule has 0 aromatic heterocycles. The quantitative estimate of drug-likeness (QED) is 0.892. The summed E-state index contributed by atoms with van der Waals surface area (Å²) < 4.78 is 0. The fraction of sp³-hybridized carbons (Fsp3) is 0.533. The Balaban J connectivity index is 1.96. The number of halogens is 2. The van der Waals surface area contributed by atoms with Crippen LogP contribution in [0.5, 0.6) is 0 Å². The zero-order valence-corrected chi connectivity index (χ0v) is 13.8. The van der Waals surface area contributed by atoms with Crippen molar-refractivity contribution >= 4 is 34.8 Å². The van der Waals surface area contributed by atoms with E-state index in [1.165, 1.54) is 0 Å². The van der Waals surface area contributed by atoms with E-state index in [0.717, 1.165) is 25.1 Å². The standard InChI is InChI=1S/C15H21Cl2N3O/c1-9-3-4-12(16)15(14(9)17)19-13(21)8-20-6-5-11(7-20)10(2)18/h3-4,10-11H,5-8,18H2,1-2H3,(H,19,21). The maximum atomic E-state index is 12.2. The van der Waals surface area contributed by atoms with Gasteiger partial charge in [0.05, 0.1) is 22.3 Å². The summed E-state index contributed by atoms with van der Waals surface area (Å²) in [5, 5.41) is 3.76. The number of hydrogen-bond donors (Lipinski definition) is 2. The van der Waals surface area contributed by atoms with Crippen LogP contribution in [0.1, 0.15) is 18.9 Å². The normalized spacial score (nSPS) is 20.5. The first-order valence-corrected chi connectivity index (χ1v) is 7.86. The molecule has 2 atom stereocenters. The van der Waals surface area contributed by atoms with Gasteiger partial charge >= 0.3 is 0 Å². The van der Waals surface area contributed by atoms with Gasteiger partial charge in [0.25, 0.3) is 0 Å². The minimum absolute atomic E-state index is 0.102. The first kappa shape index (κ1) is 16.6. The minimum atomic E-state index is -0.102. The molecule has 2 unspecified atom stereocenters. The van der Waals surface area contributed by atoms with Crippen LogP contribution in [0.2, 0.25) is 10.0 Å². The van der Waals surface area contributed by atoms with Crippen molar-refractivity contribution in [3.05, 3.63) is 27.7 Å². The molecule has 21 heavy (non-hydrogen) atoms. The summed E-state index contributed by atoms with van der Waals surface area (Å²) in [4.78, 5) is 14.3. The second-order valence-electron chi connectivity index (χ2n) is 5.74. The first-order valence-electron chi connectivity index (χ1n) is 7.11. The highest BCUT2D eigenvalue weighted by molar-refractivity contribution is 6.40. The molecule has 0 aliphatic carbocycles. The molecule has 2 rings (SSSR count). The number of rotatable bonds is 4. The number of anilines is 1. The molecular formula is C15H21Cl2N3O. The third-order valence-corrected chi connectivity index (χ3v) is 4.77. The molecule has 1 aromatic rings. The Labute approximate surface area is 135 Å². The number of carbonyl (C=O) groups is 1. The van der Waals surface area contributed by atoms with Gasteiger partial charge in [-0.3, -0.25) is 9.69 Å². The Morgan fingerprint density at radius 3 is 2.86 bits per heavy atom. The van der Waals surface area contributed by atoms with Gasteiger partial charge in [0.2, 0.25) is 5.91 Å². The van der Waals surface area contributed by atoms with Crippen molar-refractivity contribution in [2.75, 3.05) is 25.0 Å². The number of hydrogen-bond acceptors (Lipinski definition) is 3. The number of nitrogens with zero attached hydrogens (tertiary/aromatic N) is 1. The molecule has 1 fully saturated rings. The SMILES string of the molecule is Cc1ccc(Cl)c(NC(=O)CN2CCC(C(C)N)C2)c1Cl. The monoisotopic (exact) mass is 329 g/mol. The number of nitrogens with one attached hydrogen (secondary N) is 1. The van der Waals surface area contributed by atoms with E-state index in [9.17, 15) is 4.79 Å². The van der Waals surface area contributed by atoms with E-state index in [0.29, 0.717) is 28.2 Å². The van der Waals surface area contributed by atoms with E-state index in [1.54, 1.807) is 6.07 Å². The maximum absolute atomic E-state index is 12.2. The Bertz CT molecular complexity index is 534. The molecule has 0 saturated carbocycles. The predicted octanol–water partition coefficient (Wildman–Crippen LogP) is 2.91. The van der Waals surface area contributed by atoms with E-state index in [-0.39, 0.29) is 11.9 Å². The van der Waals surface area contributed by atoms with Crippen molar-refractivity contribution in [2.45, 2.75) is 26.3 Å². The fourth-order valence-corrected chi connectivity index (χ4v) is 3.05. The summed E-state index contributed by atoms with van der Waals surface area (Å²) in [6.45, 7) is 5.99. The highest BCUT2D eigenvalue weighted by Gasteiger charge is 2.26. The zero-order valence-electron chi connectivity index (χ0n) is 12.3. The van der Waals surface area contributed by atoms with Crippen LogP contribution < -0.4 is 11.1 Å². The van der Waals surface area contributed by atoms with Crippen LogP contribution in [0.25, 0.3) is 0 Å². The lowest BCUT2D eigenvalue weighted by molar-refractivity contribution is -0.117. The Kier molecular flexibility index (Phi) is 5.49. The van der Waals surface area contributed by atoms with Crippen molar-refractivity contribution in [3.8, 4) is 0 Å². The Hall–Kier alpha value is -0.810. The molecule has 4 nitrogen and oxygen atoms in total. The van der Waals surface area contributed by atoms with E-state index < -0.39 is 0 Å². The number of aryl methyl sites for hydroxylation is 1. The van der Waals surface area contributed by atoms with E-state index in [4.69, 9.17) is 28.9 Å². The third kappa shape index (κ3) is 4.10. The molecule has 1 aliphatic heterocycles. The minimum Gasteiger partial charge on any atom is -0.328 e. The largest absolute Gasteiger partial charge is 0.328 e. The molecule has 116 valence electrons. The molecular weight excluding hydrogens is 309 g/mol. The number of nitrogens with two attached hydrogens (primary N) is 1. The molecule has 0 bridgehead atoms. The molecule has 3 N–H and O–H groups in total. The molecule has 0 radical (unpaired) electrons.